The van der Waals surface area contributed by atoms with Crippen molar-refractivity contribution >= 4 is 33.0 Å². The van der Waals surface area contributed by atoms with Crippen LogP contribution in [-0.4, -0.2) is 32.2 Å². The monoisotopic (exact) mass is 350 g/mol. The maximum atomic E-state index is 12.7. The van der Waals surface area contributed by atoms with Crippen LogP contribution in [0.3, 0.4) is 0 Å². The highest BCUT2D eigenvalue weighted by Gasteiger charge is 2.26. The van der Waals surface area contributed by atoms with Crippen molar-refractivity contribution in [3.8, 4) is 0 Å². The molecule has 1 aliphatic rings. The highest BCUT2D eigenvalue weighted by Crippen LogP contribution is 2.31. The first-order chi connectivity index (χ1) is 10.9. The van der Waals surface area contributed by atoms with Gasteiger partial charge in [-0.25, -0.2) is 8.42 Å². The Morgan fingerprint density at radius 1 is 1.35 bits per heavy atom. The second-order valence-electron chi connectivity index (χ2n) is 5.55. The summed E-state index contributed by atoms with van der Waals surface area (Å²) in [4.78, 5) is 14.5. The minimum atomic E-state index is -3.54. The molecule has 2 aromatic rings. The van der Waals surface area contributed by atoms with Crippen molar-refractivity contribution in [2.45, 2.75) is 24.8 Å². The summed E-state index contributed by atoms with van der Waals surface area (Å²) in [5.74, 6) is -0.0193. The number of fused-ring (bicyclic) bond motifs is 1. The fourth-order valence-corrected chi connectivity index (χ4v) is 4.79. The van der Waals surface area contributed by atoms with Crippen molar-refractivity contribution in [3.05, 3.63) is 46.2 Å². The van der Waals surface area contributed by atoms with Crippen LogP contribution >= 0.6 is 11.3 Å². The molecule has 0 atom stereocenters. The van der Waals surface area contributed by atoms with Gasteiger partial charge in [-0.05, 0) is 41.6 Å². The first kappa shape index (κ1) is 16.2. The van der Waals surface area contributed by atoms with Gasteiger partial charge < -0.3 is 4.90 Å². The van der Waals surface area contributed by atoms with Crippen molar-refractivity contribution in [2.24, 2.45) is 0 Å². The molecule has 1 aromatic carbocycles. The van der Waals surface area contributed by atoms with E-state index in [1.807, 2.05) is 17.5 Å². The molecule has 5 nitrogen and oxygen atoms in total. The summed E-state index contributed by atoms with van der Waals surface area (Å²) in [7, 11) is -1.95. The van der Waals surface area contributed by atoms with E-state index in [-0.39, 0.29) is 10.8 Å². The Morgan fingerprint density at radius 3 is 2.78 bits per heavy atom. The Kier molecular flexibility index (Phi) is 4.27. The second-order valence-corrected chi connectivity index (χ2v) is 8.63. The lowest BCUT2D eigenvalue weighted by molar-refractivity contribution is -0.116. The Bertz CT molecular complexity index is 829. The molecule has 0 radical (unpaired) electrons. The molecule has 0 aliphatic carbocycles. The van der Waals surface area contributed by atoms with Gasteiger partial charge in [0.05, 0.1) is 4.90 Å². The van der Waals surface area contributed by atoms with E-state index in [0.29, 0.717) is 19.5 Å². The zero-order chi connectivity index (χ0) is 16.6. The Hall–Kier alpha value is -1.70. The number of amides is 1. The maximum absolute atomic E-state index is 12.7. The van der Waals surface area contributed by atoms with Gasteiger partial charge in [-0.1, -0.05) is 6.07 Å². The zero-order valence-electron chi connectivity index (χ0n) is 13.0. The second kappa shape index (κ2) is 6.07. The van der Waals surface area contributed by atoms with E-state index in [4.69, 9.17) is 0 Å². The number of sulfonamides is 1. The van der Waals surface area contributed by atoms with Gasteiger partial charge >= 0.3 is 0 Å². The van der Waals surface area contributed by atoms with E-state index in [0.717, 1.165) is 16.1 Å². The average molecular weight is 350 g/mol. The highest BCUT2D eigenvalue weighted by atomic mass is 32.2. The molecule has 3 rings (SSSR count). The summed E-state index contributed by atoms with van der Waals surface area (Å²) < 4.78 is 26.8. The summed E-state index contributed by atoms with van der Waals surface area (Å²) in [6.07, 6.45) is 0.687. The third-order valence-electron chi connectivity index (χ3n) is 3.99. The fraction of sp³-hybridized carbons (Fsp3) is 0.312. The standard InChI is InChI=1S/C16H18N2O3S2/c1-12(19)18-8-7-13-10-15(5-6-16(13)18)23(20,21)17(2)11-14-4-3-9-22-14/h3-6,9-10H,7-8,11H2,1-2H3. The SMILES string of the molecule is CC(=O)N1CCc2cc(S(=O)(=O)N(C)Cc3cccs3)ccc21. The van der Waals surface area contributed by atoms with E-state index >= 15 is 0 Å². The van der Waals surface area contributed by atoms with Gasteiger partial charge in [0.15, 0.2) is 0 Å². The molecule has 23 heavy (non-hydrogen) atoms. The van der Waals surface area contributed by atoms with Gasteiger partial charge in [0.2, 0.25) is 15.9 Å². The first-order valence-corrected chi connectivity index (χ1v) is 9.61. The van der Waals surface area contributed by atoms with E-state index < -0.39 is 10.0 Å². The van der Waals surface area contributed by atoms with Gasteiger partial charge in [0.1, 0.15) is 0 Å². The fourth-order valence-electron chi connectivity index (χ4n) is 2.75. The van der Waals surface area contributed by atoms with E-state index in [2.05, 4.69) is 0 Å². The minimum absolute atomic E-state index is 0.0193. The Morgan fingerprint density at radius 2 is 2.13 bits per heavy atom. The minimum Gasteiger partial charge on any atom is -0.312 e. The van der Waals surface area contributed by atoms with Gasteiger partial charge in [-0.2, -0.15) is 4.31 Å². The molecular formula is C16H18N2O3S2. The molecule has 7 heteroatoms. The number of benzene rings is 1. The molecule has 0 unspecified atom stereocenters. The van der Waals surface area contributed by atoms with Crippen molar-refractivity contribution < 1.29 is 13.2 Å². The lowest BCUT2D eigenvalue weighted by Gasteiger charge is -2.18. The molecule has 1 aliphatic heterocycles. The van der Waals surface area contributed by atoms with Crippen LogP contribution in [0.5, 0.6) is 0 Å². The molecule has 0 N–H and O–H groups in total. The van der Waals surface area contributed by atoms with Crippen molar-refractivity contribution in [3.63, 3.8) is 0 Å². The lowest BCUT2D eigenvalue weighted by Crippen LogP contribution is -2.26. The van der Waals surface area contributed by atoms with Gasteiger partial charge in [0.25, 0.3) is 0 Å². The van der Waals surface area contributed by atoms with Gasteiger partial charge in [-0.15, -0.1) is 11.3 Å². The molecule has 1 aromatic heterocycles. The third-order valence-corrected chi connectivity index (χ3v) is 6.65. The van der Waals surface area contributed by atoms with Crippen molar-refractivity contribution in [1.82, 2.24) is 4.31 Å². The Labute approximate surface area is 140 Å². The number of hydrogen-bond acceptors (Lipinski definition) is 4. The van der Waals surface area contributed by atoms with Crippen LogP contribution in [-0.2, 0) is 27.8 Å². The number of carbonyl (C=O) groups is 1. The molecule has 0 spiro atoms. The molecule has 2 heterocycles. The van der Waals surface area contributed by atoms with Crippen LogP contribution < -0.4 is 4.90 Å². The largest absolute Gasteiger partial charge is 0.312 e. The zero-order valence-corrected chi connectivity index (χ0v) is 14.7. The van der Waals surface area contributed by atoms with Crippen LogP contribution in [0.4, 0.5) is 5.69 Å². The smallest absolute Gasteiger partial charge is 0.243 e. The summed E-state index contributed by atoms with van der Waals surface area (Å²) in [6, 6.07) is 8.84. The number of rotatable bonds is 4. The van der Waals surface area contributed by atoms with E-state index in [9.17, 15) is 13.2 Å². The quantitative estimate of drug-likeness (QED) is 0.851. The predicted molar refractivity (Wildman–Crippen MR) is 91.1 cm³/mol. The first-order valence-electron chi connectivity index (χ1n) is 7.29. The number of thiophene rings is 1. The molecule has 0 saturated heterocycles. The third kappa shape index (κ3) is 3.04. The number of anilines is 1. The molecule has 122 valence electrons. The lowest BCUT2D eigenvalue weighted by atomic mass is 10.2. The predicted octanol–water partition coefficient (Wildman–Crippen LogP) is 2.48. The summed E-state index contributed by atoms with van der Waals surface area (Å²) in [5.41, 5.74) is 1.73. The molecule has 0 fully saturated rings. The van der Waals surface area contributed by atoms with E-state index in [1.54, 1.807) is 30.1 Å². The van der Waals surface area contributed by atoms with Crippen molar-refractivity contribution in [2.75, 3.05) is 18.5 Å². The topological polar surface area (TPSA) is 57.7 Å². The molecule has 0 saturated carbocycles. The average Bonchev–Trinajstić information content (AvgIpc) is 3.15. The van der Waals surface area contributed by atoms with Crippen LogP contribution in [0.2, 0.25) is 0 Å². The van der Waals surface area contributed by atoms with Crippen LogP contribution in [0.15, 0.2) is 40.6 Å². The molecule has 0 bridgehead atoms. The number of nitrogens with zero attached hydrogens (tertiary/aromatic N) is 2. The number of hydrogen-bond donors (Lipinski definition) is 0. The normalized spacial score (nSPS) is 14.3. The van der Waals surface area contributed by atoms with Gasteiger partial charge in [0, 0.05) is 37.6 Å². The van der Waals surface area contributed by atoms with Crippen molar-refractivity contribution in [1.29, 1.82) is 0 Å². The molecule has 1 amide bonds. The molecular weight excluding hydrogens is 332 g/mol. The number of carbonyl (C=O) groups excluding carboxylic acids is 1. The maximum Gasteiger partial charge on any atom is 0.243 e. The highest BCUT2D eigenvalue weighted by molar-refractivity contribution is 7.89. The Balaban J connectivity index is 1.88. The van der Waals surface area contributed by atoms with Crippen LogP contribution in [0, 0.1) is 0 Å². The summed E-state index contributed by atoms with van der Waals surface area (Å²) in [5, 5.41) is 1.93. The van der Waals surface area contributed by atoms with Gasteiger partial charge in [-0.3, -0.25) is 4.79 Å². The summed E-state index contributed by atoms with van der Waals surface area (Å²) in [6.45, 7) is 2.49. The van der Waals surface area contributed by atoms with Crippen LogP contribution in [0.25, 0.3) is 0 Å². The van der Waals surface area contributed by atoms with E-state index in [1.165, 1.54) is 22.6 Å². The summed E-state index contributed by atoms with van der Waals surface area (Å²) >= 11 is 1.54. The van der Waals surface area contributed by atoms with Crippen LogP contribution in [0.1, 0.15) is 17.4 Å².